The molecule has 1 atom stereocenters. The summed E-state index contributed by atoms with van der Waals surface area (Å²) in [5, 5.41) is 0.0272. The van der Waals surface area contributed by atoms with Gasteiger partial charge in [0.15, 0.2) is 0 Å². The zero-order chi connectivity index (χ0) is 15.2. The number of ether oxygens (including phenoxy) is 2. The van der Waals surface area contributed by atoms with Crippen LogP contribution in [0.3, 0.4) is 0 Å². The fourth-order valence-corrected chi connectivity index (χ4v) is 3.78. The molecule has 1 saturated heterocycles. The van der Waals surface area contributed by atoms with Crippen LogP contribution in [0.2, 0.25) is 0 Å². The minimum absolute atomic E-state index is 0.0272. The molecule has 21 heavy (non-hydrogen) atoms. The SMILES string of the molecule is CCCCC(=O)N1CCSC1c1cc(OC)ccc1OC. The third kappa shape index (κ3) is 3.64. The molecule has 0 aliphatic carbocycles. The van der Waals surface area contributed by atoms with Crippen molar-refractivity contribution in [2.45, 2.75) is 31.6 Å². The lowest BCUT2D eigenvalue weighted by molar-refractivity contribution is -0.131. The van der Waals surface area contributed by atoms with Gasteiger partial charge in [-0.05, 0) is 24.6 Å². The molecule has 0 radical (unpaired) electrons. The average molecular weight is 309 g/mol. The molecule has 1 aromatic rings. The van der Waals surface area contributed by atoms with Crippen molar-refractivity contribution in [3.8, 4) is 11.5 Å². The van der Waals surface area contributed by atoms with Crippen molar-refractivity contribution in [2.24, 2.45) is 0 Å². The van der Waals surface area contributed by atoms with E-state index in [1.807, 2.05) is 23.1 Å². The number of hydrogen-bond donors (Lipinski definition) is 0. The summed E-state index contributed by atoms with van der Waals surface area (Å²) in [5.41, 5.74) is 1.02. The van der Waals surface area contributed by atoms with E-state index in [-0.39, 0.29) is 11.3 Å². The van der Waals surface area contributed by atoms with Crippen LogP contribution in [0.1, 0.15) is 37.1 Å². The molecule has 0 spiro atoms. The van der Waals surface area contributed by atoms with Gasteiger partial charge < -0.3 is 14.4 Å². The van der Waals surface area contributed by atoms with Gasteiger partial charge in [0.2, 0.25) is 5.91 Å². The van der Waals surface area contributed by atoms with Gasteiger partial charge in [0.25, 0.3) is 0 Å². The lowest BCUT2D eigenvalue weighted by atomic mass is 10.1. The van der Waals surface area contributed by atoms with Crippen LogP contribution in [0.25, 0.3) is 0 Å². The molecule has 4 nitrogen and oxygen atoms in total. The van der Waals surface area contributed by atoms with Crippen LogP contribution < -0.4 is 9.47 Å². The summed E-state index contributed by atoms with van der Waals surface area (Å²) in [6.07, 6.45) is 2.61. The second-order valence-electron chi connectivity index (χ2n) is 5.02. The van der Waals surface area contributed by atoms with Crippen molar-refractivity contribution in [1.29, 1.82) is 0 Å². The van der Waals surface area contributed by atoms with Crippen LogP contribution in [0.4, 0.5) is 0 Å². The van der Waals surface area contributed by atoms with Crippen molar-refractivity contribution in [3.05, 3.63) is 23.8 Å². The van der Waals surface area contributed by atoms with E-state index >= 15 is 0 Å². The normalized spacial score (nSPS) is 17.9. The molecule has 1 aliphatic heterocycles. The smallest absolute Gasteiger partial charge is 0.223 e. The van der Waals surface area contributed by atoms with Crippen LogP contribution in [0, 0.1) is 0 Å². The largest absolute Gasteiger partial charge is 0.497 e. The molecule has 0 bridgehead atoms. The Kier molecular flexibility index (Phi) is 5.79. The third-order valence-corrected chi connectivity index (χ3v) is 4.90. The Labute approximate surface area is 130 Å². The van der Waals surface area contributed by atoms with Crippen LogP contribution in [0.15, 0.2) is 18.2 Å². The highest BCUT2D eigenvalue weighted by Gasteiger charge is 2.32. The molecule has 1 aromatic carbocycles. The van der Waals surface area contributed by atoms with Crippen molar-refractivity contribution in [1.82, 2.24) is 4.90 Å². The number of benzene rings is 1. The Balaban J connectivity index is 2.24. The molecule has 1 heterocycles. The molecule has 1 unspecified atom stereocenters. The van der Waals surface area contributed by atoms with Crippen molar-refractivity contribution in [3.63, 3.8) is 0 Å². The summed E-state index contributed by atoms with van der Waals surface area (Å²) in [6, 6.07) is 5.76. The van der Waals surface area contributed by atoms with Crippen LogP contribution in [-0.2, 0) is 4.79 Å². The monoisotopic (exact) mass is 309 g/mol. The van der Waals surface area contributed by atoms with Crippen molar-refractivity contribution < 1.29 is 14.3 Å². The minimum Gasteiger partial charge on any atom is -0.497 e. The Hall–Kier alpha value is -1.36. The number of unbranched alkanes of at least 4 members (excludes halogenated alkanes) is 1. The topological polar surface area (TPSA) is 38.8 Å². The lowest BCUT2D eigenvalue weighted by Gasteiger charge is -2.25. The first-order valence-electron chi connectivity index (χ1n) is 7.34. The average Bonchev–Trinajstić information content (AvgIpc) is 3.01. The Morgan fingerprint density at radius 3 is 2.86 bits per heavy atom. The Morgan fingerprint density at radius 2 is 2.19 bits per heavy atom. The summed E-state index contributed by atoms with van der Waals surface area (Å²) >= 11 is 1.78. The van der Waals surface area contributed by atoms with Gasteiger partial charge >= 0.3 is 0 Å². The minimum atomic E-state index is 0.0272. The maximum absolute atomic E-state index is 12.4. The lowest BCUT2D eigenvalue weighted by Crippen LogP contribution is -2.30. The second-order valence-corrected chi connectivity index (χ2v) is 6.21. The van der Waals surface area contributed by atoms with E-state index in [1.165, 1.54) is 0 Å². The second kappa shape index (κ2) is 7.59. The van der Waals surface area contributed by atoms with Gasteiger partial charge in [-0.3, -0.25) is 4.79 Å². The zero-order valence-electron chi connectivity index (χ0n) is 12.9. The summed E-state index contributed by atoms with van der Waals surface area (Å²) < 4.78 is 10.8. The van der Waals surface area contributed by atoms with Gasteiger partial charge in [-0.2, -0.15) is 0 Å². The van der Waals surface area contributed by atoms with Gasteiger partial charge in [-0.1, -0.05) is 13.3 Å². The van der Waals surface area contributed by atoms with Crippen molar-refractivity contribution >= 4 is 17.7 Å². The molecular formula is C16H23NO3S. The number of nitrogens with zero attached hydrogens (tertiary/aromatic N) is 1. The van der Waals surface area contributed by atoms with E-state index in [4.69, 9.17) is 9.47 Å². The first-order chi connectivity index (χ1) is 10.2. The highest BCUT2D eigenvalue weighted by Crippen LogP contribution is 2.43. The van der Waals surface area contributed by atoms with Crippen molar-refractivity contribution in [2.75, 3.05) is 26.5 Å². The molecule has 5 heteroatoms. The molecule has 1 fully saturated rings. The summed E-state index contributed by atoms with van der Waals surface area (Å²) in [4.78, 5) is 14.4. The first-order valence-corrected chi connectivity index (χ1v) is 8.39. The molecule has 0 N–H and O–H groups in total. The highest BCUT2D eigenvalue weighted by molar-refractivity contribution is 7.99. The number of hydrogen-bond acceptors (Lipinski definition) is 4. The highest BCUT2D eigenvalue weighted by atomic mass is 32.2. The van der Waals surface area contributed by atoms with Gasteiger partial charge in [0.05, 0.1) is 14.2 Å². The van der Waals surface area contributed by atoms with Crippen LogP contribution in [-0.4, -0.2) is 37.3 Å². The zero-order valence-corrected chi connectivity index (χ0v) is 13.7. The number of rotatable bonds is 6. The number of amides is 1. The molecular weight excluding hydrogens is 286 g/mol. The third-order valence-electron chi connectivity index (χ3n) is 3.66. The summed E-state index contributed by atoms with van der Waals surface area (Å²) in [6.45, 7) is 2.91. The van der Waals surface area contributed by atoms with E-state index in [2.05, 4.69) is 6.92 Å². The van der Waals surface area contributed by atoms with E-state index in [9.17, 15) is 4.79 Å². The molecule has 2 rings (SSSR count). The van der Waals surface area contributed by atoms with E-state index < -0.39 is 0 Å². The standard InChI is InChI=1S/C16H23NO3S/c1-4-5-6-15(18)17-9-10-21-16(17)13-11-12(19-2)7-8-14(13)20-3/h7-8,11,16H,4-6,9-10H2,1-3H3. The maximum atomic E-state index is 12.4. The summed E-state index contributed by atoms with van der Waals surface area (Å²) in [7, 11) is 3.31. The fourth-order valence-electron chi connectivity index (χ4n) is 2.49. The number of carbonyl (C=O) groups is 1. The maximum Gasteiger partial charge on any atom is 0.223 e. The van der Waals surface area contributed by atoms with Gasteiger partial charge in [-0.25, -0.2) is 0 Å². The fraction of sp³-hybridized carbons (Fsp3) is 0.562. The van der Waals surface area contributed by atoms with E-state index in [0.717, 1.165) is 42.2 Å². The van der Waals surface area contributed by atoms with Gasteiger partial charge in [0.1, 0.15) is 16.9 Å². The van der Waals surface area contributed by atoms with Gasteiger partial charge in [-0.15, -0.1) is 11.8 Å². The Bertz CT molecular complexity index is 492. The van der Waals surface area contributed by atoms with Crippen LogP contribution in [0.5, 0.6) is 11.5 Å². The molecule has 0 saturated carbocycles. The molecule has 1 amide bonds. The summed E-state index contributed by atoms with van der Waals surface area (Å²) in [5.74, 6) is 2.79. The number of thioether (sulfide) groups is 1. The van der Waals surface area contributed by atoms with Crippen LogP contribution >= 0.6 is 11.8 Å². The first kappa shape index (κ1) is 16.0. The van der Waals surface area contributed by atoms with E-state index in [0.29, 0.717) is 6.42 Å². The predicted octanol–water partition coefficient (Wildman–Crippen LogP) is 3.47. The molecule has 0 aromatic heterocycles. The quantitative estimate of drug-likeness (QED) is 0.806. The number of methoxy groups -OCH3 is 2. The predicted molar refractivity (Wildman–Crippen MR) is 86.0 cm³/mol. The molecule has 116 valence electrons. The van der Waals surface area contributed by atoms with Gasteiger partial charge in [0, 0.05) is 24.3 Å². The number of carbonyl (C=O) groups excluding carboxylic acids is 1. The molecule has 1 aliphatic rings. The van der Waals surface area contributed by atoms with E-state index in [1.54, 1.807) is 26.0 Å². The Morgan fingerprint density at radius 1 is 1.38 bits per heavy atom.